The fourth-order valence-electron chi connectivity index (χ4n) is 3.73. The average molecular weight is 429 g/mol. The van der Waals surface area contributed by atoms with Gasteiger partial charge in [0.1, 0.15) is 18.4 Å². The van der Waals surface area contributed by atoms with Crippen molar-refractivity contribution >= 4 is 11.8 Å². The van der Waals surface area contributed by atoms with Gasteiger partial charge in [0, 0.05) is 25.3 Å². The van der Waals surface area contributed by atoms with Crippen LogP contribution in [0, 0.1) is 5.92 Å². The van der Waals surface area contributed by atoms with E-state index in [1.165, 1.54) is 0 Å². The molecule has 170 valence electrons. The number of carbonyl (C=O) groups is 2. The molecule has 0 radical (unpaired) electrons. The number of rotatable bonds is 3. The molecular weight excluding hydrogens is 392 g/mol. The Morgan fingerprint density at radius 1 is 1.10 bits per heavy atom. The van der Waals surface area contributed by atoms with E-state index in [2.05, 4.69) is 40.3 Å². The molecule has 1 saturated carbocycles. The maximum absolute atomic E-state index is 12.7. The number of nitrogens with one attached hydrogen (secondary N) is 4. The van der Waals surface area contributed by atoms with Crippen molar-refractivity contribution in [2.24, 2.45) is 5.92 Å². The smallest absolute Gasteiger partial charge is 0.242 e. The highest BCUT2D eigenvalue weighted by Crippen LogP contribution is 2.33. The van der Waals surface area contributed by atoms with Crippen LogP contribution in [0.1, 0.15) is 44.6 Å². The Kier molecular flexibility index (Phi) is 9.21. The van der Waals surface area contributed by atoms with E-state index in [-0.39, 0.29) is 18.4 Å². The zero-order valence-corrected chi connectivity index (χ0v) is 18.5. The van der Waals surface area contributed by atoms with Crippen LogP contribution in [-0.4, -0.2) is 50.6 Å². The topological polar surface area (TPSA) is 91.5 Å². The Labute approximate surface area is 185 Å². The summed E-state index contributed by atoms with van der Waals surface area (Å²) in [4.78, 5) is 25.2. The standard InChI is InChI=1S/C24H36N4O3/c1-2-6-20-16-25-13-14-31-22-9-4-3-7-19(22)8-5-12-26-24(30)21(15-18-10-11-18)28-23(29)17-27-20/h3-4,6-7,9,18,21,25,27H,2,5,8,10-17H2,1H3,(H,26,30)(H,28,29)/b20-6-. The van der Waals surface area contributed by atoms with E-state index in [4.69, 9.17) is 4.74 Å². The first-order valence-electron chi connectivity index (χ1n) is 11.6. The van der Waals surface area contributed by atoms with Gasteiger partial charge >= 0.3 is 0 Å². The molecule has 1 aromatic carbocycles. The molecule has 1 aromatic rings. The summed E-state index contributed by atoms with van der Waals surface area (Å²) in [7, 11) is 0. The van der Waals surface area contributed by atoms with Crippen LogP contribution in [0.5, 0.6) is 5.75 Å². The minimum absolute atomic E-state index is 0.0862. The molecule has 0 bridgehead atoms. The van der Waals surface area contributed by atoms with E-state index in [9.17, 15) is 9.59 Å². The van der Waals surface area contributed by atoms with Crippen molar-refractivity contribution in [1.29, 1.82) is 0 Å². The third-order valence-corrected chi connectivity index (χ3v) is 5.59. The maximum Gasteiger partial charge on any atom is 0.242 e. The highest BCUT2D eigenvalue weighted by atomic mass is 16.5. The SMILES string of the molecule is CC/C=C1/CNCCOc2ccccc2CCCNC(=O)C(CC2CC2)NC(=O)CN1. The highest BCUT2D eigenvalue weighted by Gasteiger charge is 2.30. The Morgan fingerprint density at radius 2 is 1.94 bits per heavy atom. The second-order valence-electron chi connectivity index (χ2n) is 8.32. The third-order valence-electron chi connectivity index (χ3n) is 5.59. The van der Waals surface area contributed by atoms with Gasteiger partial charge in [0.2, 0.25) is 11.8 Å². The first-order chi connectivity index (χ1) is 15.2. The number of hydrogen-bond donors (Lipinski definition) is 4. The number of benzene rings is 1. The van der Waals surface area contributed by atoms with Crippen molar-refractivity contribution in [3.63, 3.8) is 0 Å². The van der Waals surface area contributed by atoms with Crippen LogP contribution in [0.25, 0.3) is 0 Å². The van der Waals surface area contributed by atoms with Gasteiger partial charge in [-0.05, 0) is 43.2 Å². The molecule has 4 N–H and O–H groups in total. The largest absolute Gasteiger partial charge is 0.492 e. The summed E-state index contributed by atoms with van der Waals surface area (Å²) in [5.41, 5.74) is 2.12. The summed E-state index contributed by atoms with van der Waals surface area (Å²) in [6.45, 7) is 4.72. The van der Waals surface area contributed by atoms with Gasteiger partial charge in [0.25, 0.3) is 0 Å². The van der Waals surface area contributed by atoms with Crippen LogP contribution in [0.4, 0.5) is 0 Å². The zero-order valence-electron chi connectivity index (χ0n) is 18.5. The number of carbonyl (C=O) groups excluding carboxylic acids is 2. The lowest BCUT2D eigenvalue weighted by Gasteiger charge is -2.20. The molecule has 1 aliphatic carbocycles. The molecule has 1 atom stereocenters. The predicted molar refractivity (Wildman–Crippen MR) is 122 cm³/mol. The molecule has 1 heterocycles. The van der Waals surface area contributed by atoms with Crippen LogP contribution in [0.15, 0.2) is 36.0 Å². The van der Waals surface area contributed by atoms with Gasteiger partial charge in [-0.1, -0.05) is 44.0 Å². The van der Waals surface area contributed by atoms with Crippen LogP contribution in [0.2, 0.25) is 0 Å². The molecule has 31 heavy (non-hydrogen) atoms. The summed E-state index contributed by atoms with van der Waals surface area (Å²) in [5, 5.41) is 12.5. The van der Waals surface area contributed by atoms with Crippen LogP contribution in [-0.2, 0) is 16.0 Å². The van der Waals surface area contributed by atoms with E-state index in [1.807, 2.05) is 18.2 Å². The van der Waals surface area contributed by atoms with E-state index in [1.54, 1.807) is 0 Å². The Morgan fingerprint density at radius 3 is 2.74 bits per heavy atom. The fraction of sp³-hybridized carbons (Fsp3) is 0.583. The van der Waals surface area contributed by atoms with Crippen molar-refractivity contribution in [3.05, 3.63) is 41.6 Å². The first-order valence-corrected chi connectivity index (χ1v) is 11.6. The number of hydrogen-bond acceptors (Lipinski definition) is 5. The number of aryl methyl sites for hydroxylation is 1. The number of ether oxygens (including phenoxy) is 1. The monoisotopic (exact) mass is 428 g/mol. The molecule has 1 aliphatic heterocycles. The summed E-state index contributed by atoms with van der Waals surface area (Å²) < 4.78 is 5.98. The lowest BCUT2D eigenvalue weighted by molar-refractivity contribution is -0.128. The summed E-state index contributed by atoms with van der Waals surface area (Å²) in [6, 6.07) is 7.60. The van der Waals surface area contributed by atoms with E-state index < -0.39 is 6.04 Å². The second-order valence-corrected chi connectivity index (χ2v) is 8.32. The van der Waals surface area contributed by atoms with Gasteiger partial charge in [-0.15, -0.1) is 0 Å². The normalized spacial score (nSPS) is 23.4. The average Bonchev–Trinajstić information content (AvgIpc) is 3.58. The molecule has 3 rings (SSSR count). The van der Waals surface area contributed by atoms with E-state index in [0.29, 0.717) is 38.6 Å². The van der Waals surface area contributed by atoms with E-state index in [0.717, 1.165) is 49.1 Å². The molecule has 2 aliphatic rings. The lowest BCUT2D eigenvalue weighted by atomic mass is 10.1. The summed E-state index contributed by atoms with van der Waals surface area (Å²) >= 11 is 0. The van der Waals surface area contributed by atoms with Crippen LogP contribution in [0.3, 0.4) is 0 Å². The molecule has 2 amide bonds. The third kappa shape index (κ3) is 8.25. The van der Waals surface area contributed by atoms with Gasteiger partial charge in [0.15, 0.2) is 0 Å². The van der Waals surface area contributed by atoms with Crippen LogP contribution >= 0.6 is 0 Å². The lowest BCUT2D eigenvalue weighted by Crippen LogP contribution is -2.49. The molecule has 0 aromatic heterocycles. The molecule has 1 unspecified atom stereocenters. The zero-order chi connectivity index (χ0) is 21.9. The van der Waals surface area contributed by atoms with Gasteiger partial charge in [-0.25, -0.2) is 0 Å². The summed E-state index contributed by atoms with van der Waals surface area (Å²) in [5.74, 6) is 1.21. The highest BCUT2D eigenvalue weighted by molar-refractivity contribution is 5.88. The number of fused-ring (bicyclic) bond motifs is 1. The predicted octanol–water partition coefficient (Wildman–Crippen LogP) is 1.89. The minimum Gasteiger partial charge on any atom is -0.492 e. The second kappa shape index (κ2) is 12.3. The first kappa shape index (κ1) is 23.1. The fourth-order valence-corrected chi connectivity index (χ4v) is 3.73. The maximum atomic E-state index is 12.7. The van der Waals surface area contributed by atoms with E-state index >= 15 is 0 Å². The van der Waals surface area contributed by atoms with Gasteiger partial charge in [-0.2, -0.15) is 0 Å². The van der Waals surface area contributed by atoms with Crippen molar-refractivity contribution in [3.8, 4) is 5.75 Å². The molecule has 7 heteroatoms. The number of amides is 2. The molecule has 7 nitrogen and oxygen atoms in total. The van der Waals surface area contributed by atoms with Crippen molar-refractivity contribution in [2.75, 3.05) is 32.8 Å². The van der Waals surface area contributed by atoms with Crippen molar-refractivity contribution in [2.45, 2.75) is 51.5 Å². The van der Waals surface area contributed by atoms with Crippen molar-refractivity contribution < 1.29 is 14.3 Å². The number of allylic oxidation sites excluding steroid dienone is 1. The Balaban J connectivity index is 1.66. The molecule has 0 saturated heterocycles. The van der Waals surface area contributed by atoms with Gasteiger partial charge in [-0.3, -0.25) is 9.59 Å². The number of para-hydroxylation sites is 1. The minimum atomic E-state index is -0.465. The van der Waals surface area contributed by atoms with Crippen molar-refractivity contribution in [1.82, 2.24) is 21.3 Å². The molecule has 0 spiro atoms. The van der Waals surface area contributed by atoms with Gasteiger partial charge < -0.3 is 26.0 Å². The van der Waals surface area contributed by atoms with Crippen LogP contribution < -0.4 is 26.0 Å². The molecular formula is C24H36N4O3. The quantitative estimate of drug-likeness (QED) is 0.590. The molecule has 1 fully saturated rings. The van der Waals surface area contributed by atoms with Gasteiger partial charge in [0.05, 0.1) is 6.54 Å². The Hall–Kier alpha value is -2.54. The summed E-state index contributed by atoms with van der Waals surface area (Å²) in [6.07, 6.45) is 7.60. The Bertz CT molecular complexity index is 761.